The zero-order chi connectivity index (χ0) is 16.7. The van der Waals surface area contributed by atoms with Gasteiger partial charge in [-0.15, -0.1) is 10.2 Å². The molecule has 0 atom stereocenters. The largest absolute Gasteiger partial charge is 0.504 e. The molecule has 1 aliphatic rings. The van der Waals surface area contributed by atoms with Crippen molar-refractivity contribution in [2.45, 2.75) is 5.16 Å². The van der Waals surface area contributed by atoms with Gasteiger partial charge in [0.25, 0.3) is 0 Å². The average molecular weight is 342 g/mol. The van der Waals surface area contributed by atoms with Crippen LogP contribution < -0.4 is 0 Å². The normalized spacial score (nSPS) is 13.5. The molecule has 2 heterocycles. The van der Waals surface area contributed by atoms with Crippen molar-refractivity contribution in [2.75, 3.05) is 5.75 Å². The number of nitrogens with zero attached hydrogens (tertiary/aromatic N) is 4. The lowest BCUT2D eigenvalue weighted by molar-refractivity contribution is 0.403. The smallest absolute Gasteiger partial charge is 0.212 e. The second-order valence-corrected chi connectivity index (χ2v) is 6.11. The van der Waals surface area contributed by atoms with Crippen molar-refractivity contribution in [1.29, 1.82) is 0 Å². The van der Waals surface area contributed by atoms with Crippen molar-refractivity contribution in [3.63, 3.8) is 0 Å². The van der Waals surface area contributed by atoms with Crippen LogP contribution in [0, 0.1) is 5.82 Å². The summed E-state index contributed by atoms with van der Waals surface area (Å²) in [7, 11) is 0. The van der Waals surface area contributed by atoms with Crippen molar-refractivity contribution < 1.29 is 14.6 Å². The molecule has 0 saturated heterocycles. The van der Waals surface area contributed by atoms with Crippen LogP contribution >= 0.6 is 11.8 Å². The first-order valence-corrected chi connectivity index (χ1v) is 8.05. The number of thioether (sulfide) groups is 1. The molecule has 2 aromatic carbocycles. The predicted molar refractivity (Wildman–Crippen MR) is 87.8 cm³/mol. The highest BCUT2D eigenvalue weighted by molar-refractivity contribution is 7.99. The Morgan fingerprint density at radius 3 is 2.67 bits per heavy atom. The summed E-state index contributed by atoms with van der Waals surface area (Å²) >= 11 is 1.44. The Morgan fingerprint density at radius 1 is 1.00 bits per heavy atom. The Balaban J connectivity index is 1.80. The maximum absolute atomic E-state index is 13.5. The summed E-state index contributed by atoms with van der Waals surface area (Å²) < 4.78 is 15.0. The molecule has 120 valence electrons. The lowest BCUT2D eigenvalue weighted by atomic mass is 10.1. The van der Waals surface area contributed by atoms with Gasteiger partial charge in [-0.1, -0.05) is 23.9 Å². The predicted octanol–water partition coefficient (Wildman–Crippen LogP) is 2.85. The van der Waals surface area contributed by atoms with Crippen LogP contribution in [0.4, 0.5) is 4.39 Å². The molecular formula is C16H11FN4O2S. The summed E-state index contributed by atoms with van der Waals surface area (Å²) in [5.74, 6) is 0.234. The van der Waals surface area contributed by atoms with Crippen LogP contribution in [0.5, 0.6) is 11.5 Å². The summed E-state index contributed by atoms with van der Waals surface area (Å²) in [5.41, 5.74) is 1.95. The zero-order valence-corrected chi connectivity index (χ0v) is 13.0. The van der Waals surface area contributed by atoms with Crippen molar-refractivity contribution >= 4 is 17.5 Å². The lowest BCUT2D eigenvalue weighted by Gasteiger charge is -2.14. The molecule has 0 aliphatic carbocycles. The van der Waals surface area contributed by atoms with Crippen LogP contribution in [0.2, 0.25) is 0 Å². The maximum Gasteiger partial charge on any atom is 0.212 e. The maximum atomic E-state index is 13.5. The van der Waals surface area contributed by atoms with Gasteiger partial charge < -0.3 is 10.2 Å². The van der Waals surface area contributed by atoms with E-state index in [0.29, 0.717) is 33.6 Å². The zero-order valence-electron chi connectivity index (χ0n) is 12.2. The molecule has 0 radical (unpaired) electrons. The fraction of sp³-hybridized carbons (Fsp3) is 0.0625. The summed E-state index contributed by atoms with van der Waals surface area (Å²) in [6, 6.07) is 10.6. The average Bonchev–Trinajstić information content (AvgIpc) is 3.00. The van der Waals surface area contributed by atoms with Crippen LogP contribution in [0.3, 0.4) is 0 Å². The van der Waals surface area contributed by atoms with Gasteiger partial charge in [0.15, 0.2) is 17.3 Å². The van der Waals surface area contributed by atoms with Crippen LogP contribution in [-0.2, 0) is 0 Å². The lowest BCUT2D eigenvalue weighted by Crippen LogP contribution is -2.13. The Morgan fingerprint density at radius 2 is 1.88 bits per heavy atom. The standard InChI is InChI=1S/C16H11FN4O2S/c17-11-3-1-2-10(6-11)15-18-19-16-21(15)20-12(8-24-16)9-4-5-13(22)14(23)7-9/h1-7,22-23H,8H2. The number of aromatic nitrogens is 3. The summed E-state index contributed by atoms with van der Waals surface area (Å²) in [4.78, 5) is 0. The minimum atomic E-state index is -0.360. The fourth-order valence-electron chi connectivity index (χ4n) is 2.38. The molecule has 0 amide bonds. The Kier molecular flexibility index (Phi) is 3.46. The van der Waals surface area contributed by atoms with Crippen LogP contribution in [0.25, 0.3) is 11.4 Å². The van der Waals surface area contributed by atoms with E-state index in [9.17, 15) is 14.6 Å². The number of aromatic hydroxyl groups is 2. The Hall–Kier alpha value is -2.87. The van der Waals surface area contributed by atoms with E-state index in [-0.39, 0.29) is 17.3 Å². The first-order valence-electron chi connectivity index (χ1n) is 7.06. The van der Waals surface area contributed by atoms with Crippen molar-refractivity contribution in [3.05, 3.63) is 53.8 Å². The van der Waals surface area contributed by atoms with E-state index in [0.717, 1.165) is 0 Å². The molecule has 0 saturated carbocycles. The molecule has 2 N–H and O–H groups in total. The van der Waals surface area contributed by atoms with Gasteiger partial charge in [0.05, 0.1) is 5.71 Å². The van der Waals surface area contributed by atoms with E-state index < -0.39 is 0 Å². The van der Waals surface area contributed by atoms with Crippen molar-refractivity contribution in [2.24, 2.45) is 5.10 Å². The molecule has 0 fully saturated rings. The second kappa shape index (κ2) is 5.64. The third kappa shape index (κ3) is 2.50. The highest BCUT2D eigenvalue weighted by Crippen LogP contribution is 2.31. The van der Waals surface area contributed by atoms with Gasteiger partial charge in [-0.3, -0.25) is 0 Å². The third-order valence-corrected chi connectivity index (χ3v) is 4.49. The molecule has 6 nitrogen and oxygen atoms in total. The number of halogens is 1. The third-order valence-electron chi connectivity index (χ3n) is 3.56. The van der Waals surface area contributed by atoms with E-state index in [1.807, 2.05) is 0 Å². The van der Waals surface area contributed by atoms with Crippen LogP contribution in [-0.4, -0.2) is 36.6 Å². The molecule has 0 bridgehead atoms. The monoisotopic (exact) mass is 342 g/mol. The first-order chi connectivity index (χ1) is 11.6. The van der Waals surface area contributed by atoms with Gasteiger partial charge >= 0.3 is 0 Å². The first kappa shape index (κ1) is 14.7. The van der Waals surface area contributed by atoms with Crippen molar-refractivity contribution in [3.8, 4) is 22.9 Å². The van der Waals surface area contributed by atoms with Gasteiger partial charge in [0.2, 0.25) is 5.16 Å². The van der Waals surface area contributed by atoms with Crippen LogP contribution in [0.15, 0.2) is 52.7 Å². The van der Waals surface area contributed by atoms with Gasteiger partial charge in [0.1, 0.15) is 5.82 Å². The fourth-order valence-corrected chi connectivity index (χ4v) is 3.22. The second-order valence-electron chi connectivity index (χ2n) is 5.17. The minimum absolute atomic E-state index is 0.187. The summed E-state index contributed by atoms with van der Waals surface area (Å²) in [5, 5.41) is 32.4. The number of hydrogen-bond donors (Lipinski definition) is 2. The van der Waals surface area contributed by atoms with E-state index in [1.165, 1.54) is 36.0 Å². The number of hydrogen-bond acceptors (Lipinski definition) is 6. The topological polar surface area (TPSA) is 83.5 Å². The molecule has 3 aromatic rings. The van der Waals surface area contributed by atoms with Gasteiger partial charge in [-0.25, -0.2) is 4.39 Å². The molecule has 1 aromatic heterocycles. The Bertz CT molecular complexity index is 970. The number of fused-ring (bicyclic) bond motifs is 1. The summed E-state index contributed by atoms with van der Waals surface area (Å²) in [6.07, 6.45) is 0. The molecule has 1 aliphatic heterocycles. The molecule has 0 spiro atoms. The molecule has 24 heavy (non-hydrogen) atoms. The SMILES string of the molecule is Oc1ccc(C2=Nn3c(nnc3-c3cccc(F)c3)SC2)cc1O. The quantitative estimate of drug-likeness (QED) is 0.700. The number of phenols is 2. The molecule has 0 unspecified atom stereocenters. The minimum Gasteiger partial charge on any atom is -0.504 e. The van der Waals surface area contributed by atoms with Crippen molar-refractivity contribution in [1.82, 2.24) is 14.9 Å². The molecule has 4 rings (SSSR count). The number of benzene rings is 2. The summed E-state index contributed by atoms with van der Waals surface area (Å²) in [6.45, 7) is 0. The Labute approximate surface area is 140 Å². The van der Waals surface area contributed by atoms with E-state index in [1.54, 1.807) is 22.9 Å². The van der Waals surface area contributed by atoms with Crippen LogP contribution in [0.1, 0.15) is 5.56 Å². The molecule has 8 heteroatoms. The van der Waals surface area contributed by atoms with E-state index >= 15 is 0 Å². The van der Waals surface area contributed by atoms with E-state index in [2.05, 4.69) is 15.3 Å². The van der Waals surface area contributed by atoms with Gasteiger partial charge in [0, 0.05) is 16.9 Å². The highest BCUT2D eigenvalue weighted by atomic mass is 32.2. The van der Waals surface area contributed by atoms with E-state index in [4.69, 9.17) is 0 Å². The highest BCUT2D eigenvalue weighted by Gasteiger charge is 2.21. The van der Waals surface area contributed by atoms with Gasteiger partial charge in [-0.05, 0) is 30.3 Å². The van der Waals surface area contributed by atoms with Gasteiger partial charge in [-0.2, -0.15) is 9.78 Å². The number of rotatable bonds is 2. The molecular weight excluding hydrogens is 331 g/mol. The number of phenolic OH excluding ortho intramolecular Hbond substituents is 2.